The van der Waals surface area contributed by atoms with Crippen molar-refractivity contribution >= 4 is 34.2 Å². The summed E-state index contributed by atoms with van der Waals surface area (Å²) >= 11 is 5.80. The highest BCUT2D eigenvalue weighted by Gasteiger charge is 2.10. The van der Waals surface area contributed by atoms with Crippen molar-refractivity contribution in [1.82, 2.24) is 15.0 Å². The second-order valence-electron chi connectivity index (χ2n) is 4.48. The summed E-state index contributed by atoms with van der Waals surface area (Å²) in [5.41, 5.74) is 3.23. The van der Waals surface area contributed by atoms with Crippen molar-refractivity contribution in [2.75, 3.05) is 5.32 Å². The molecule has 0 aliphatic heterocycles. The zero-order valence-corrected chi connectivity index (χ0v) is 11.9. The van der Waals surface area contributed by atoms with Gasteiger partial charge in [-0.3, -0.25) is 14.8 Å². The highest BCUT2D eigenvalue weighted by atomic mass is 35.5. The molecule has 0 aliphatic carbocycles. The van der Waals surface area contributed by atoms with Gasteiger partial charge in [0.15, 0.2) is 0 Å². The molecule has 6 heteroatoms. The number of rotatable bonds is 2. The highest BCUT2D eigenvalue weighted by Crippen LogP contribution is 2.18. The van der Waals surface area contributed by atoms with Gasteiger partial charge in [-0.05, 0) is 37.3 Å². The van der Waals surface area contributed by atoms with Gasteiger partial charge in [0.2, 0.25) is 0 Å². The molecule has 0 unspecified atom stereocenters. The van der Waals surface area contributed by atoms with Crippen molar-refractivity contribution in [3.05, 3.63) is 59.1 Å². The molecular formula is C15H11ClN4O. The number of pyridine rings is 1. The maximum Gasteiger partial charge on any atom is 0.255 e. The number of fused-ring (bicyclic) bond motifs is 1. The molecular weight excluding hydrogens is 288 g/mol. The Labute approximate surface area is 126 Å². The molecule has 5 nitrogen and oxygen atoms in total. The van der Waals surface area contributed by atoms with Gasteiger partial charge in [-0.15, -0.1) is 0 Å². The van der Waals surface area contributed by atoms with Crippen LogP contribution in [0.2, 0.25) is 5.15 Å². The topological polar surface area (TPSA) is 67.8 Å². The number of benzene rings is 1. The van der Waals surface area contributed by atoms with Crippen LogP contribution in [0.4, 0.5) is 5.69 Å². The number of aryl methyl sites for hydroxylation is 1. The molecule has 0 radical (unpaired) electrons. The summed E-state index contributed by atoms with van der Waals surface area (Å²) in [6.07, 6.45) is 3.21. The molecule has 0 saturated carbocycles. The monoisotopic (exact) mass is 298 g/mol. The van der Waals surface area contributed by atoms with Crippen LogP contribution in [0.15, 0.2) is 42.7 Å². The fourth-order valence-corrected chi connectivity index (χ4v) is 2.15. The molecule has 21 heavy (non-hydrogen) atoms. The van der Waals surface area contributed by atoms with Gasteiger partial charge in [0.05, 0.1) is 22.4 Å². The fraction of sp³-hybridized carbons (Fsp3) is 0.0667. The van der Waals surface area contributed by atoms with E-state index < -0.39 is 0 Å². The van der Waals surface area contributed by atoms with Crippen LogP contribution in [-0.2, 0) is 0 Å². The lowest BCUT2D eigenvalue weighted by Crippen LogP contribution is -2.13. The molecule has 1 aromatic carbocycles. The standard InChI is InChI=1S/C15H11ClN4O/c1-9-11(4-5-14(16)19-9)20-15(21)10-2-3-12-13(8-10)18-7-6-17-12/h2-8H,1H3,(H,20,21). The molecule has 2 heterocycles. The molecule has 0 atom stereocenters. The molecule has 3 rings (SSSR count). The molecule has 0 aliphatic rings. The summed E-state index contributed by atoms with van der Waals surface area (Å²) in [5, 5.41) is 3.21. The molecule has 2 aromatic heterocycles. The first-order valence-electron chi connectivity index (χ1n) is 6.29. The Hall–Kier alpha value is -2.53. The Kier molecular flexibility index (Phi) is 3.50. The normalized spacial score (nSPS) is 10.6. The number of aromatic nitrogens is 3. The molecule has 1 amide bonds. The van der Waals surface area contributed by atoms with E-state index >= 15 is 0 Å². The molecule has 0 spiro atoms. The summed E-state index contributed by atoms with van der Waals surface area (Å²) in [6.45, 7) is 1.79. The van der Waals surface area contributed by atoms with Crippen LogP contribution in [-0.4, -0.2) is 20.9 Å². The lowest BCUT2D eigenvalue weighted by molar-refractivity contribution is 0.102. The van der Waals surface area contributed by atoms with Gasteiger partial charge in [0.25, 0.3) is 5.91 Å². The number of nitrogens with one attached hydrogen (secondary N) is 1. The van der Waals surface area contributed by atoms with Crippen molar-refractivity contribution in [2.24, 2.45) is 0 Å². The maximum absolute atomic E-state index is 12.3. The van der Waals surface area contributed by atoms with E-state index in [4.69, 9.17) is 11.6 Å². The number of hydrogen-bond acceptors (Lipinski definition) is 4. The van der Waals surface area contributed by atoms with Crippen LogP contribution < -0.4 is 5.32 Å². The van der Waals surface area contributed by atoms with E-state index in [9.17, 15) is 4.79 Å². The Morgan fingerprint density at radius 3 is 2.62 bits per heavy atom. The van der Waals surface area contributed by atoms with E-state index in [1.54, 1.807) is 49.6 Å². The van der Waals surface area contributed by atoms with Gasteiger partial charge in [0, 0.05) is 18.0 Å². The van der Waals surface area contributed by atoms with Crippen LogP contribution in [0.1, 0.15) is 16.1 Å². The Morgan fingerprint density at radius 1 is 1.10 bits per heavy atom. The highest BCUT2D eigenvalue weighted by molar-refractivity contribution is 6.29. The maximum atomic E-state index is 12.3. The van der Waals surface area contributed by atoms with E-state index in [0.29, 0.717) is 27.6 Å². The molecule has 104 valence electrons. The zero-order valence-electron chi connectivity index (χ0n) is 11.2. The van der Waals surface area contributed by atoms with Crippen molar-refractivity contribution in [1.29, 1.82) is 0 Å². The first-order valence-corrected chi connectivity index (χ1v) is 6.66. The zero-order chi connectivity index (χ0) is 14.8. The number of hydrogen-bond donors (Lipinski definition) is 1. The average Bonchev–Trinajstić information content (AvgIpc) is 2.49. The minimum absolute atomic E-state index is 0.227. The minimum Gasteiger partial charge on any atom is -0.320 e. The van der Waals surface area contributed by atoms with Crippen LogP contribution in [0.25, 0.3) is 11.0 Å². The van der Waals surface area contributed by atoms with Gasteiger partial charge >= 0.3 is 0 Å². The SMILES string of the molecule is Cc1nc(Cl)ccc1NC(=O)c1ccc2nccnc2c1. The summed E-state index contributed by atoms with van der Waals surface area (Å²) in [5.74, 6) is -0.227. The second kappa shape index (κ2) is 5.46. The predicted octanol–water partition coefficient (Wildman–Crippen LogP) is 3.24. The van der Waals surface area contributed by atoms with Crippen molar-refractivity contribution in [3.8, 4) is 0 Å². The number of anilines is 1. The quantitative estimate of drug-likeness (QED) is 0.738. The number of amides is 1. The van der Waals surface area contributed by atoms with Gasteiger partial charge in [-0.2, -0.15) is 0 Å². The Balaban J connectivity index is 1.89. The van der Waals surface area contributed by atoms with Crippen LogP contribution >= 0.6 is 11.6 Å². The molecule has 0 bridgehead atoms. The van der Waals surface area contributed by atoms with Crippen LogP contribution in [0, 0.1) is 6.92 Å². The summed E-state index contributed by atoms with van der Waals surface area (Å²) in [7, 11) is 0. The third-order valence-corrected chi connectivity index (χ3v) is 3.24. The number of halogens is 1. The summed E-state index contributed by atoms with van der Waals surface area (Å²) in [6, 6.07) is 8.55. The van der Waals surface area contributed by atoms with Gasteiger partial charge < -0.3 is 5.32 Å². The molecule has 1 N–H and O–H groups in total. The second-order valence-corrected chi connectivity index (χ2v) is 4.87. The fourth-order valence-electron chi connectivity index (χ4n) is 1.96. The first-order chi connectivity index (χ1) is 10.1. The lowest BCUT2D eigenvalue weighted by Gasteiger charge is -2.08. The minimum atomic E-state index is -0.227. The number of nitrogens with zero attached hydrogens (tertiary/aromatic N) is 3. The number of carbonyl (C=O) groups excluding carboxylic acids is 1. The third kappa shape index (κ3) is 2.83. The van der Waals surface area contributed by atoms with E-state index in [-0.39, 0.29) is 5.91 Å². The van der Waals surface area contributed by atoms with Crippen molar-refractivity contribution in [3.63, 3.8) is 0 Å². The van der Waals surface area contributed by atoms with E-state index in [1.807, 2.05) is 0 Å². The number of carbonyl (C=O) groups is 1. The van der Waals surface area contributed by atoms with Crippen molar-refractivity contribution in [2.45, 2.75) is 6.92 Å². The van der Waals surface area contributed by atoms with Gasteiger partial charge in [-0.25, -0.2) is 4.98 Å². The van der Waals surface area contributed by atoms with Gasteiger partial charge in [-0.1, -0.05) is 11.6 Å². The Morgan fingerprint density at radius 2 is 1.86 bits per heavy atom. The van der Waals surface area contributed by atoms with Gasteiger partial charge in [0.1, 0.15) is 5.15 Å². The summed E-state index contributed by atoms with van der Waals surface area (Å²) in [4.78, 5) is 24.7. The molecule has 0 saturated heterocycles. The lowest BCUT2D eigenvalue weighted by atomic mass is 10.1. The molecule has 3 aromatic rings. The van der Waals surface area contributed by atoms with Crippen LogP contribution in [0.5, 0.6) is 0 Å². The average molecular weight is 299 g/mol. The first kappa shape index (κ1) is 13.5. The predicted molar refractivity (Wildman–Crippen MR) is 81.5 cm³/mol. The van der Waals surface area contributed by atoms with E-state index in [2.05, 4.69) is 20.3 Å². The molecule has 0 fully saturated rings. The van der Waals surface area contributed by atoms with Crippen LogP contribution in [0.3, 0.4) is 0 Å². The van der Waals surface area contributed by atoms with E-state index in [1.165, 1.54) is 0 Å². The largest absolute Gasteiger partial charge is 0.320 e. The smallest absolute Gasteiger partial charge is 0.255 e. The third-order valence-electron chi connectivity index (χ3n) is 3.03. The van der Waals surface area contributed by atoms with Crippen molar-refractivity contribution < 1.29 is 4.79 Å². The summed E-state index contributed by atoms with van der Waals surface area (Å²) < 4.78 is 0. The van der Waals surface area contributed by atoms with E-state index in [0.717, 1.165) is 5.52 Å². The Bertz CT molecular complexity index is 835.